The molecule has 0 aromatic carbocycles. The molecule has 0 aromatic rings. The average Bonchev–Trinajstić information content (AvgIpc) is 2.20. The number of hydrogen-bond acceptors (Lipinski definition) is 5. The van der Waals surface area contributed by atoms with Gasteiger partial charge in [-0.2, -0.15) is 0 Å². The van der Waals surface area contributed by atoms with Crippen LogP contribution in [0, 0.1) is 0 Å². The topological polar surface area (TPSA) is 82.0 Å². The van der Waals surface area contributed by atoms with E-state index in [0.717, 1.165) is 26.3 Å². The van der Waals surface area contributed by atoms with Gasteiger partial charge in [0.15, 0.2) is 0 Å². The largest absolute Gasteiger partial charge is 0.394 e. The highest BCUT2D eigenvalue weighted by Gasteiger charge is 1.94. The van der Waals surface area contributed by atoms with Crippen molar-refractivity contribution in [2.45, 2.75) is 6.10 Å². The third-order valence-electron chi connectivity index (χ3n) is 1.27. The number of halogens is 1. The minimum absolute atomic E-state index is 0. The second kappa shape index (κ2) is 12.1. The van der Waals surface area contributed by atoms with Gasteiger partial charge in [-0.3, -0.25) is 0 Å². The highest BCUT2D eigenvalue weighted by atomic mass is 35.5. The van der Waals surface area contributed by atoms with Crippen LogP contribution in [0.3, 0.4) is 0 Å². The van der Waals surface area contributed by atoms with Crippen LogP contribution >= 0.6 is 12.4 Å². The van der Waals surface area contributed by atoms with Gasteiger partial charge >= 0.3 is 0 Å². The predicted octanol–water partition coefficient (Wildman–Crippen LogP) is -1.64. The summed E-state index contributed by atoms with van der Waals surface area (Å²) < 4.78 is 5.01. The second-order valence-corrected chi connectivity index (χ2v) is 2.38. The van der Waals surface area contributed by atoms with E-state index in [1.807, 2.05) is 0 Å². The lowest BCUT2D eigenvalue weighted by Gasteiger charge is -2.10. The molecule has 13 heavy (non-hydrogen) atoms. The van der Waals surface area contributed by atoms with E-state index in [1.54, 1.807) is 0 Å². The summed E-state index contributed by atoms with van der Waals surface area (Å²) in [5, 5.41) is 27.2. The van der Waals surface area contributed by atoms with E-state index in [9.17, 15) is 0 Å². The molecule has 82 valence electrons. The molecule has 5 nitrogen and oxygen atoms in total. The molecular weight excluding hydrogens is 198 g/mol. The molecule has 0 radical (unpaired) electrons. The van der Waals surface area contributed by atoms with Gasteiger partial charge in [-0.25, -0.2) is 0 Å². The van der Waals surface area contributed by atoms with E-state index in [0.29, 0.717) is 0 Å². The minimum atomic E-state index is -0.954. The fourth-order valence-electron chi connectivity index (χ4n) is 0.573. The fraction of sp³-hybridized carbons (Fsp3) is 1.00. The maximum absolute atomic E-state index is 8.17. The molecule has 0 atom stereocenters. The molecule has 0 aliphatic carbocycles. The average molecular weight is 216 g/mol. The van der Waals surface area contributed by atoms with Gasteiger partial charge in [0.05, 0.1) is 26.4 Å². The molecule has 4 N–H and O–H groups in total. The highest BCUT2D eigenvalue weighted by Crippen LogP contribution is 1.76. The van der Waals surface area contributed by atoms with E-state index in [4.69, 9.17) is 20.1 Å². The molecule has 0 bridgehead atoms. The van der Waals surface area contributed by atoms with Gasteiger partial charge in [-0.05, 0) is 0 Å². The zero-order chi connectivity index (χ0) is 9.23. The van der Waals surface area contributed by atoms with Crippen molar-refractivity contribution in [1.29, 1.82) is 0 Å². The number of rotatable bonds is 2. The van der Waals surface area contributed by atoms with Crippen molar-refractivity contribution in [2.75, 3.05) is 39.5 Å². The molecule has 1 aliphatic rings. The van der Waals surface area contributed by atoms with Crippen molar-refractivity contribution in [3.05, 3.63) is 0 Å². The smallest absolute Gasteiger partial charge is 0.100 e. The first-order chi connectivity index (χ1) is 5.81. The molecule has 1 fully saturated rings. The van der Waals surface area contributed by atoms with Crippen LogP contribution < -0.4 is 5.32 Å². The maximum Gasteiger partial charge on any atom is 0.100 e. The Kier molecular flexibility index (Phi) is 14.5. The van der Waals surface area contributed by atoms with E-state index < -0.39 is 6.10 Å². The SMILES string of the molecule is C1COCCN1.Cl.OCC(O)CO. The Balaban J connectivity index is 0. The minimum Gasteiger partial charge on any atom is -0.394 e. The lowest BCUT2D eigenvalue weighted by atomic mass is 10.4. The Morgan fingerprint density at radius 2 is 1.62 bits per heavy atom. The van der Waals surface area contributed by atoms with E-state index in [2.05, 4.69) is 5.32 Å². The molecule has 0 spiro atoms. The molecule has 1 saturated heterocycles. The summed E-state index contributed by atoms with van der Waals surface area (Å²) in [6.45, 7) is 3.10. The Bertz CT molecular complexity index is 77.1. The number of aliphatic hydroxyl groups is 3. The Morgan fingerprint density at radius 1 is 1.15 bits per heavy atom. The van der Waals surface area contributed by atoms with Crippen LogP contribution in [-0.4, -0.2) is 60.9 Å². The van der Waals surface area contributed by atoms with E-state index in [1.165, 1.54) is 0 Å². The van der Waals surface area contributed by atoms with Crippen LogP contribution in [-0.2, 0) is 4.74 Å². The maximum atomic E-state index is 8.17. The third kappa shape index (κ3) is 12.1. The van der Waals surface area contributed by atoms with Crippen molar-refractivity contribution < 1.29 is 20.1 Å². The molecule has 0 unspecified atom stereocenters. The summed E-state index contributed by atoms with van der Waals surface area (Å²) in [6, 6.07) is 0. The quantitative estimate of drug-likeness (QED) is 0.444. The summed E-state index contributed by atoms with van der Waals surface area (Å²) in [7, 11) is 0. The van der Waals surface area contributed by atoms with Gasteiger partial charge in [0, 0.05) is 13.1 Å². The fourth-order valence-corrected chi connectivity index (χ4v) is 0.573. The van der Waals surface area contributed by atoms with Crippen LogP contribution in [0.25, 0.3) is 0 Å². The number of nitrogens with one attached hydrogen (secondary N) is 1. The van der Waals surface area contributed by atoms with Gasteiger partial charge < -0.3 is 25.4 Å². The van der Waals surface area contributed by atoms with Crippen molar-refractivity contribution >= 4 is 12.4 Å². The number of morpholine rings is 1. The van der Waals surface area contributed by atoms with Gasteiger partial charge in [0.1, 0.15) is 6.10 Å². The Hall–Kier alpha value is 0.0900. The van der Waals surface area contributed by atoms with E-state index >= 15 is 0 Å². The summed E-state index contributed by atoms with van der Waals surface area (Å²) in [5.74, 6) is 0. The summed E-state index contributed by atoms with van der Waals surface area (Å²) in [6.07, 6.45) is -0.954. The summed E-state index contributed by atoms with van der Waals surface area (Å²) in [5.41, 5.74) is 0. The van der Waals surface area contributed by atoms with Crippen molar-refractivity contribution in [3.63, 3.8) is 0 Å². The Labute approximate surface area is 84.1 Å². The zero-order valence-electron chi connectivity index (χ0n) is 7.48. The highest BCUT2D eigenvalue weighted by molar-refractivity contribution is 5.85. The van der Waals surface area contributed by atoms with Crippen LogP contribution in [0.15, 0.2) is 0 Å². The van der Waals surface area contributed by atoms with Crippen molar-refractivity contribution in [1.82, 2.24) is 5.32 Å². The number of hydrogen-bond donors (Lipinski definition) is 4. The number of aliphatic hydroxyl groups excluding tert-OH is 3. The van der Waals surface area contributed by atoms with Crippen LogP contribution in [0.5, 0.6) is 0 Å². The van der Waals surface area contributed by atoms with Crippen LogP contribution in [0.2, 0.25) is 0 Å². The molecular formula is C7H18ClNO4. The summed E-state index contributed by atoms with van der Waals surface area (Å²) >= 11 is 0. The Morgan fingerprint density at radius 3 is 1.69 bits per heavy atom. The van der Waals surface area contributed by atoms with Gasteiger partial charge in [0.2, 0.25) is 0 Å². The first-order valence-corrected chi connectivity index (χ1v) is 3.99. The summed E-state index contributed by atoms with van der Waals surface area (Å²) in [4.78, 5) is 0. The van der Waals surface area contributed by atoms with Gasteiger partial charge in [0.25, 0.3) is 0 Å². The molecule has 0 saturated carbocycles. The van der Waals surface area contributed by atoms with Crippen LogP contribution in [0.4, 0.5) is 0 Å². The molecule has 1 heterocycles. The van der Waals surface area contributed by atoms with Gasteiger partial charge in [-0.1, -0.05) is 0 Å². The molecule has 1 aliphatic heterocycles. The normalized spacial score (nSPS) is 15.7. The van der Waals surface area contributed by atoms with Crippen molar-refractivity contribution in [3.8, 4) is 0 Å². The van der Waals surface area contributed by atoms with Gasteiger partial charge in [-0.15, -0.1) is 12.4 Å². The standard InChI is InChI=1S/C4H9NO.C3H8O3.ClH/c1-3-6-4-2-5-1;4-1-3(6)2-5;/h5H,1-4H2;3-6H,1-2H2;1H. The second-order valence-electron chi connectivity index (χ2n) is 2.38. The molecule has 0 amide bonds. The van der Waals surface area contributed by atoms with Crippen molar-refractivity contribution in [2.24, 2.45) is 0 Å². The third-order valence-corrected chi connectivity index (χ3v) is 1.27. The van der Waals surface area contributed by atoms with Crippen LogP contribution in [0.1, 0.15) is 0 Å². The molecule has 1 rings (SSSR count). The zero-order valence-corrected chi connectivity index (χ0v) is 8.29. The number of ether oxygens (including phenoxy) is 1. The monoisotopic (exact) mass is 215 g/mol. The first-order valence-electron chi connectivity index (χ1n) is 3.99. The molecule has 6 heteroatoms. The predicted molar refractivity (Wildman–Crippen MR) is 51.1 cm³/mol. The first kappa shape index (κ1) is 15.6. The van der Waals surface area contributed by atoms with E-state index in [-0.39, 0.29) is 25.6 Å². The lowest BCUT2D eigenvalue weighted by Crippen LogP contribution is -2.30. The lowest BCUT2D eigenvalue weighted by molar-refractivity contribution is 0.0450. The molecule has 0 aromatic heterocycles.